The molecule has 2 heterocycles. The van der Waals surface area contributed by atoms with E-state index >= 15 is 0 Å². The molecule has 0 amide bonds. The van der Waals surface area contributed by atoms with E-state index in [-0.39, 0.29) is 0 Å². The molecular formula is C11H13BrN4O. The number of hydrogen-bond donors (Lipinski definition) is 1. The van der Waals surface area contributed by atoms with Crippen LogP contribution in [0.1, 0.15) is 12.3 Å². The van der Waals surface area contributed by atoms with Gasteiger partial charge in [-0.2, -0.15) is 4.98 Å². The molecule has 0 bridgehead atoms. The van der Waals surface area contributed by atoms with E-state index in [0.717, 1.165) is 23.9 Å². The maximum Gasteiger partial charge on any atom is 0.227 e. The molecule has 0 radical (unpaired) electrons. The molecular weight excluding hydrogens is 284 g/mol. The summed E-state index contributed by atoms with van der Waals surface area (Å²) in [5, 5.41) is 7.00. The Morgan fingerprint density at radius 1 is 1.47 bits per heavy atom. The standard InChI is InChI=1S/C11H13BrN4O/c1-13-6-3-5-9-15-11(16-17-9)10-8(12)4-2-7-14-10/h2,4,7,13H,3,5-6H2,1H3. The topological polar surface area (TPSA) is 63.8 Å². The predicted octanol–water partition coefficient (Wildman–Crippen LogP) is 2.05. The number of pyridine rings is 1. The lowest BCUT2D eigenvalue weighted by Gasteiger charge is -1.95. The van der Waals surface area contributed by atoms with Crippen LogP contribution in [0.2, 0.25) is 0 Å². The smallest absolute Gasteiger partial charge is 0.227 e. The first-order chi connectivity index (χ1) is 8.31. The fraction of sp³-hybridized carbons (Fsp3) is 0.364. The Hall–Kier alpha value is -1.27. The maximum atomic E-state index is 5.17. The Bertz CT molecular complexity index is 486. The van der Waals surface area contributed by atoms with Gasteiger partial charge in [-0.3, -0.25) is 4.98 Å². The summed E-state index contributed by atoms with van der Waals surface area (Å²) in [6, 6.07) is 3.75. The first-order valence-corrected chi connectivity index (χ1v) is 6.18. The highest BCUT2D eigenvalue weighted by Gasteiger charge is 2.11. The molecule has 0 aromatic carbocycles. The minimum Gasteiger partial charge on any atom is -0.339 e. The van der Waals surface area contributed by atoms with Crippen LogP contribution in [0.4, 0.5) is 0 Å². The van der Waals surface area contributed by atoms with E-state index in [9.17, 15) is 0 Å². The van der Waals surface area contributed by atoms with Crippen molar-refractivity contribution in [3.05, 3.63) is 28.7 Å². The molecule has 0 aliphatic rings. The lowest BCUT2D eigenvalue weighted by molar-refractivity contribution is 0.375. The van der Waals surface area contributed by atoms with E-state index in [1.54, 1.807) is 6.20 Å². The van der Waals surface area contributed by atoms with Crippen molar-refractivity contribution >= 4 is 15.9 Å². The van der Waals surface area contributed by atoms with Gasteiger partial charge in [-0.05, 0) is 48.1 Å². The third-order valence-electron chi connectivity index (χ3n) is 2.26. The second-order valence-corrected chi connectivity index (χ2v) is 4.41. The van der Waals surface area contributed by atoms with Crippen molar-refractivity contribution in [3.8, 4) is 11.5 Å². The summed E-state index contributed by atoms with van der Waals surface area (Å²) < 4.78 is 6.03. The van der Waals surface area contributed by atoms with Crippen molar-refractivity contribution in [2.45, 2.75) is 12.8 Å². The van der Waals surface area contributed by atoms with Crippen molar-refractivity contribution in [2.75, 3.05) is 13.6 Å². The van der Waals surface area contributed by atoms with Crippen molar-refractivity contribution in [3.63, 3.8) is 0 Å². The zero-order valence-electron chi connectivity index (χ0n) is 9.48. The summed E-state index contributed by atoms with van der Waals surface area (Å²) in [6.07, 6.45) is 3.46. The molecule has 0 fully saturated rings. The Morgan fingerprint density at radius 2 is 2.35 bits per heavy atom. The van der Waals surface area contributed by atoms with Crippen LogP contribution in [-0.2, 0) is 6.42 Å². The van der Waals surface area contributed by atoms with Crippen LogP contribution >= 0.6 is 15.9 Å². The Labute approximate surface area is 108 Å². The molecule has 2 aromatic heterocycles. The summed E-state index contributed by atoms with van der Waals surface area (Å²) >= 11 is 3.41. The first kappa shape index (κ1) is 12.2. The van der Waals surface area contributed by atoms with Gasteiger partial charge in [0.15, 0.2) is 0 Å². The van der Waals surface area contributed by atoms with Crippen molar-refractivity contribution < 1.29 is 4.52 Å². The molecule has 0 unspecified atom stereocenters. The van der Waals surface area contributed by atoms with Crippen LogP contribution in [0.25, 0.3) is 11.5 Å². The quantitative estimate of drug-likeness (QED) is 0.856. The van der Waals surface area contributed by atoms with Gasteiger partial charge in [-0.25, -0.2) is 0 Å². The Kier molecular flexibility index (Phi) is 4.22. The molecule has 0 saturated carbocycles. The highest BCUT2D eigenvalue weighted by Crippen LogP contribution is 2.22. The second kappa shape index (κ2) is 5.88. The van der Waals surface area contributed by atoms with Crippen LogP contribution < -0.4 is 5.32 Å². The number of nitrogens with one attached hydrogen (secondary N) is 1. The van der Waals surface area contributed by atoms with Gasteiger partial charge < -0.3 is 9.84 Å². The zero-order chi connectivity index (χ0) is 12.1. The zero-order valence-corrected chi connectivity index (χ0v) is 11.1. The van der Waals surface area contributed by atoms with Gasteiger partial charge >= 0.3 is 0 Å². The maximum absolute atomic E-state index is 5.17. The molecule has 2 aromatic rings. The fourth-order valence-corrected chi connectivity index (χ4v) is 1.85. The van der Waals surface area contributed by atoms with Gasteiger partial charge in [0.1, 0.15) is 5.69 Å². The van der Waals surface area contributed by atoms with E-state index < -0.39 is 0 Å². The normalized spacial score (nSPS) is 10.7. The molecule has 0 atom stereocenters. The summed E-state index contributed by atoms with van der Waals surface area (Å²) in [4.78, 5) is 8.53. The van der Waals surface area contributed by atoms with Crippen LogP contribution in [0.5, 0.6) is 0 Å². The van der Waals surface area contributed by atoms with Crippen molar-refractivity contribution in [2.24, 2.45) is 0 Å². The van der Waals surface area contributed by atoms with Crippen LogP contribution in [0.15, 0.2) is 27.3 Å². The Morgan fingerprint density at radius 3 is 3.12 bits per heavy atom. The van der Waals surface area contributed by atoms with Crippen LogP contribution in [-0.4, -0.2) is 28.7 Å². The molecule has 17 heavy (non-hydrogen) atoms. The summed E-state index contributed by atoms with van der Waals surface area (Å²) in [5.41, 5.74) is 0.705. The fourth-order valence-electron chi connectivity index (χ4n) is 1.42. The largest absolute Gasteiger partial charge is 0.339 e. The third kappa shape index (κ3) is 3.10. The molecule has 90 valence electrons. The first-order valence-electron chi connectivity index (χ1n) is 5.39. The van der Waals surface area contributed by atoms with Crippen molar-refractivity contribution in [1.82, 2.24) is 20.4 Å². The van der Waals surface area contributed by atoms with E-state index in [1.165, 1.54) is 0 Å². The number of rotatable bonds is 5. The van der Waals surface area contributed by atoms with Crippen molar-refractivity contribution in [1.29, 1.82) is 0 Å². The van der Waals surface area contributed by atoms with Crippen LogP contribution in [0.3, 0.4) is 0 Å². The highest BCUT2D eigenvalue weighted by molar-refractivity contribution is 9.10. The van der Waals surface area contributed by atoms with E-state index in [1.807, 2.05) is 19.2 Å². The monoisotopic (exact) mass is 296 g/mol. The van der Waals surface area contributed by atoms with E-state index in [4.69, 9.17) is 4.52 Å². The highest BCUT2D eigenvalue weighted by atomic mass is 79.9. The van der Waals surface area contributed by atoms with Gasteiger partial charge in [0.05, 0.1) is 0 Å². The molecule has 0 saturated heterocycles. The van der Waals surface area contributed by atoms with Crippen LogP contribution in [0, 0.1) is 0 Å². The van der Waals surface area contributed by atoms with Gasteiger partial charge in [-0.1, -0.05) is 5.16 Å². The lowest BCUT2D eigenvalue weighted by Crippen LogP contribution is -2.08. The van der Waals surface area contributed by atoms with Gasteiger partial charge in [0.2, 0.25) is 11.7 Å². The average molecular weight is 297 g/mol. The van der Waals surface area contributed by atoms with E-state index in [2.05, 4.69) is 36.4 Å². The summed E-state index contributed by atoms with van der Waals surface area (Å²) in [5.74, 6) is 1.17. The molecule has 5 nitrogen and oxygen atoms in total. The number of hydrogen-bond acceptors (Lipinski definition) is 5. The van der Waals surface area contributed by atoms with Gasteiger partial charge in [0.25, 0.3) is 0 Å². The molecule has 6 heteroatoms. The second-order valence-electron chi connectivity index (χ2n) is 3.55. The number of nitrogens with zero attached hydrogens (tertiary/aromatic N) is 3. The Balaban J connectivity index is 2.10. The molecule has 0 aliphatic heterocycles. The molecule has 1 N–H and O–H groups in total. The summed E-state index contributed by atoms with van der Waals surface area (Å²) in [7, 11) is 1.92. The summed E-state index contributed by atoms with van der Waals surface area (Å²) in [6.45, 7) is 0.936. The molecule has 0 aliphatic carbocycles. The SMILES string of the molecule is CNCCCc1nc(-c2ncccc2Br)no1. The number of aromatic nitrogens is 3. The third-order valence-corrected chi connectivity index (χ3v) is 2.90. The number of halogens is 1. The molecule has 2 rings (SSSR count). The van der Waals surface area contributed by atoms with Gasteiger partial charge in [-0.15, -0.1) is 0 Å². The minimum absolute atomic E-state index is 0.525. The number of aryl methyl sites for hydroxylation is 1. The van der Waals surface area contributed by atoms with Gasteiger partial charge in [0, 0.05) is 17.1 Å². The predicted molar refractivity (Wildman–Crippen MR) is 67.5 cm³/mol. The lowest BCUT2D eigenvalue weighted by atomic mass is 10.3. The minimum atomic E-state index is 0.525. The van der Waals surface area contributed by atoms with E-state index in [0.29, 0.717) is 17.4 Å². The molecule has 0 spiro atoms. The average Bonchev–Trinajstić information content (AvgIpc) is 2.79.